The molecule has 13 heavy (non-hydrogen) atoms. The van der Waals surface area contributed by atoms with Gasteiger partial charge in [-0.25, -0.2) is 15.8 Å². The van der Waals surface area contributed by atoms with Gasteiger partial charge in [-0.15, -0.1) is 0 Å². The number of nitrogens with one attached hydrogen (secondary N) is 1. The van der Waals surface area contributed by atoms with E-state index in [1.54, 1.807) is 19.4 Å². The molecule has 1 rings (SSSR count). The van der Waals surface area contributed by atoms with E-state index < -0.39 is 0 Å². The summed E-state index contributed by atoms with van der Waals surface area (Å²) in [5.74, 6) is 6.63. The molecule has 0 unspecified atom stereocenters. The Hall–Kier alpha value is -1.20. The van der Waals surface area contributed by atoms with Crippen molar-refractivity contribution in [1.29, 1.82) is 0 Å². The molecule has 0 fully saturated rings. The Morgan fingerprint density at radius 3 is 3.15 bits per heavy atom. The summed E-state index contributed by atoms with van der Waals surface area (Å²) in [6, 6.07) is 1.72. The number of ether oxygens (including phenoxy) is 1. The molecular formula is C8H14N4O. The minimum absolute atomic E-state index is 0.641. The van der Waals surface area contributed by atoms with Crippen LogP contribution in [0.4, 0.5) is 5.82 Å². The fourth-order valence-electron chi connectivity index (χ4n) is 0.975. The van der Waals surface area contributed by atoms with Gasteiger partial charge >= 0.3 is 0 Å². The smallest absolute Gasteiger partial charge is 0.143 e. The van der Waals surface area contributed by atoms with Crippen LogP contribution in [0.1, 0.15) is 12.2 Å². The molecule has 0 saturated carbocycles. The number of methoxy groups -OCH3 is 1. The monoisotopic (exact) mass is 182 g/mol. The molecule has 1 aromatic rings. The molecule has 0 aliphatic heterocycles. The van der Waals surface area contributed by atoms with E-state index in [-0.39, 0.29) is 0 Å². The maximum absolute atomic E-state index is 5.21. The summed E-state index contributed by atoms with van der Waals surface area (Å²) >= 11 is 0. The van der Waals surface area contributed by atoms with E-state index in [4.69, 9.17) is 10.6 Å². The third-order valence-corrected chi connectivity index (χ3v) is 1.60. The van der Waals surface area contributed by atoms with Gasteiger partial charge in [-0.05, 0) is 6.42 Å². The third kappa shape index (κ3) is 3.35. The molecule has 5 heteroatoms. The summed E-state index contributed by atoms with van der Waals surface area (Å²) in [5, 5.41) is 0. The fourth-order valence-corrected chi connectivity index (χ4v) is 0.975. The predicted molar refractivity (Wildman–Crippen MR) is 50.0 cm³/mol. The van der Waals surface area contributed by atoms with Crippen molar-refractivity contribution in [2.75, 3.05) is 19.1 Å². The number of nitrogen functional groups attached to an aromatic ring is 1. The van der Waals surface area contributed by atoms with Crippen molar-refractivity contribution in [3.8, 4) is 0 Å². The predicted octanol–water partition coefficient (Wildman–Crippen LogP) is 0.341. The lowest BCUT2D eigenvalue weighted by molar-refractivity contribution is 0.194. The van der Waals surface area contributed by atoms with Crippen LogP contribution in [0.2, 0.25) is 0 Å². The lowest BCUT2D eigenvalue weighted by Gasteiger charge is -2.01. The van der Waals surface area contributed by atoms with Gasteiger partial charge in [-0.2, -0.15) is 0 Å². The Labute approximate surface area is 77.3 Å². The van der Waals surface area contributed by atoms with Gasteiger partial charge in [-0.3, -0.25) is 0 Å². The first-order chi connectivity index (χ1) is 6.36. The lowest BCUT2D eigenvalue weighted by atomic mass is 10.3. The highest BCUT2D eigenvalue weighted by Gasteiger charge is 1.97. The van der Waals surface area contributed by atoms with Gasteiger partial charge in [-0.1, -0.05) is 0 Å². The Kier molecular flexibility index (Phi) is 4.14. The second-order valence-electron chi connectivity index (χ2n) is 2.60. The van der Waals surface area contributed by atoms with Crippen LogP contribution in [0, 0.1) is 0 Å². The van der Waals surface area contributed by atoms with Crippen molar-refractivity contribution in [3.63, 3.8) is 0 Å². The quantitative estimate of drug-likeness (QED) is 0.390. The minimum atomic E-state index is 0.641. The van der Waals surface area contributed by atoms with Gasteiger partial charge in [0.2, 0.25) is 0 Å². The fraction of sp³-hybridized carbons (Fsp3) is 0.500. The van der Waals surface area contributed by atoms with Gasteiger partial charge < -0.3 is 10.2 Å². The van der Waals surface area contributed by atoms with E-state index >= 15 is 0 Å². The average molecular weight is 182 g/mol. The second kappa shape index (κ2) is 5.45. The van der Waals surface area contributed by atoms with Crippen LogP contribution >= 0.6 is 0 Å². The molecule has 0 bridgehead atoms. The molecule has 0 aliphatic rings. The van der Waals surface area contributed by atoms with Gasteiger partial charge in [0.15, 0.2) is 0 Å². The first kappa shape index (κ1) is 9.88. The normalized spacial score (nSPS) is 10.0. The van der Waals surface area contributed by atoms with Gasteiger partial charge in [0.05, 0.1) is 0 Å². The Morgan fingerprint density at radius 1 is 1.62 bits per heavy atom. The summed E-state index contributed by atoms with van der Waals surface area (Å²) in [6.07, 6.45) is 3.41. The standard InChI is InChI=1S/C8H14N4O/c1-13-6-2-3-7-10-5-4-8(11-7)12-9/h4-5H,2-3,6,9H2,1H3,(H,10,11,12). The Morgan fingerprint density at radius 2 is 2.46 bits per heavy atom. The molecule has 3 N–H and O–H groups in total. The zero-order valence-electron chi connectivity index (χ0n) is 7.66. The number of nitrogens with two attached hydrogens (primary N) is 1. The van der Waals surface area contributed by atoms with E-state index in [0.29, 0.717) is 5.82 Å². The largest absolute Gasteiger partial charge is 0.385 e. The van der Waals surface area contributed by atoms with Crippen molar-refractivity contribution >= 4 is 5.82 Å². The van der Waals surface area contributed by atoms with Crippen LogP contribution in [0.15, 0.2) is 12.3 Å². The number of aryl methyl sites for hydroxylation is 1. The molecule has 0 atom stereocenters. The van der Waals surface area contributed by atoms with Crippen LogP contribution < -0.4 is 11.3 Å². The van der Waals surface area contributed by atoms with Crippen molar-refractivity contribution in [2.24, 2.45) is 5.84 Å². The number of aromatic nitrogens is 2. The first-order valence-electron chi connectivity index (χ1n) is 4.14. The zero-order valence-corrected chi connectivity index (χ0v) is 7.66. The maximum atomic E-state index is 5.21. The van der Waals surface area contributed by atoms with Crippen molar-refractivity contribution in [3.05, 3.63) is 18.1 Å². The van der Waals surface area contributed by atoms with Crippen molar-refractivity contribution < 1.29 is 4.74 Å². The minimum Gasteiger partial charge on any atom is -0.385 e. The molecule has 1 aromatic heterocycles. The van der Waals surface area contributed by atoms with E-state index in [9.17, 15) is 0 Å². The summed E-state index contributed by atoms with van der Waals surface area (Å²) in [5.41, 5.74) is 2.48. The highest BCUT2D eigenvalue weighted by molar-refractivity contribution is 5.30. The molecule has 0 aromatic carbocycles. The van der Waals surface area contributed by atoms with Crippen LogP contribution in [-0.2, 0) is 11.2 Å². The SMILES string of the molecule is COCCCc1nccc(NN)n1. The number of hydrogen-bond acceptors (Lipinski definition) is 5. The molecule has 1 heterocycles. The zero-order chi connectivity index (χ0) is 9.52. The summed E-state index contributed by atoms with van der Waals surface area (Å²) in [7, 11) is 1.68. The molecule has 0 radical (unpaired) electrons. The topological polar surface area (TPSA) is 73.1 Å². The molecule has 0 amide bonds. The molecule has 0 saturated heterocycles. The highest BCUT2D eigenvalue weighted by atomic mass is 16.5. The third-order valence-electron chi connectivity index (χ3n) is 1.60. The Bertz CT molecular complexity index is 254. The number of hydrogen-bond donors (Lipinski definition) is 2. The number of nitrogens with zero attached hydrogens (tertiary/aromatic N) is 2. The van der Waals surface area contributed by atoms with E-state index in [1.165, 1.54) is 0 Å². The second-order valence-corrected chi connectivity index (χ2v) is 2.60. The highest BCUT2D eigenvalue weighted by Crippen LogP contribution is 2.01. The first-order valence-corrected chi connectivity index (χ1v) is 4.14. The number of hydrazine groups is 1. The van der Waals surface area contributed by atoms with Crippen LogP contribution in [0.5, 0.6) is 0 Å². The summed E-state index contributed by atoms with van der Waals surface area (Å²) < 4.78 is 4.92. The average Bonchev–Trinajstić information content (AvgIpc) is 2.19. The van der Waals surface area contributed by atoms with Gasteiger partial charge in [0, 0.05) is 32.4 Å². The lowest BCUT2D eigenvalue weighted by Crippen LogP contribution is -2.10. The van der Waals surface area contributed by atoms with E-state index in [1.807, 2.05) is 0 Å². The summed E-state index contributed by atoms with van der Waals surface area (Å²) in [4.78, 5) is 8.26. The van der Waals surface area contributed by atoms with Crippen molar-refractivity contribution in [2.45, 2.75) is 12.8 Å². The van der Waals surface area contributed by atoms with E-state index in [2.05, 4.69) is 15.4 Å². The Balaban J connectivity index is 2.46. The molecular weight excluding hydrogens is 168 g/mol. The molecule has 0 spiro atoms. The van der Waals surface area contributed by atoms with Crippen LogP contribution in [0.25, 0.3) is 0 Å². The van der Waals surface area contributed by atoms with Crippen LogP contribution in [0.3, 0.4) is 0 Å². The van der Waals surface area contributed by atoms with E-state index in [0.717, 1.165) is 25.3 Å². The van der Waals surface area contributed by atoms with Crippen molar-refractivity contribution in [1.82, 2.24) is 9.97 Å². The maximum Gasteiger partial charge on any atom is 0.143 e. The molecule has 5 nitrogen and oxygen atoms in total. The number of rotatable bonds is 5. The summed E-state index contributed by atoms with van der Waals surface area (Å²) in [6.45, 7) is 0.726. The number of anilines is 1. The van der Waals surface area contributed by atoms with Gasteiger partial charge in [0.1, 0.15) is 11.6 Å². The molecule has 0 aliphatic carbocycles. The van der Waals surface area contributed by atoms with Gasteiger partial charge in [0.25, 0.3) is 0 Å². The van der Waals surface area contributed by atoms with Crippen LogP contribution in [-0.4, -0.2) is 23.7 Å². The molecule has 72 valence electrons.